The molecule has 202 valence electrons. The van der Waals surface area contributed by atoms with E-state index in [4.69, 9.17) is 5.73 Å². The highest BCUT2D eigenvalue weighted by atomic mass is 32.1. The highest BCUT2D eigenvalue weighted by molar-refractivity contribution is 7.20. The van der Waals surface area contributed by atoms with Crippen LogP contribution in [0.1, 0.15) is 46.5 Å². The number of aromatic nitrogens is 3. The van der Waals surface area contributed by atoms with Crippen LogP contribution in [0, 0.1) is 0 Å². The van der Waals surface area contributed by atoms with Gasteiger partial charge in [0.15, 0.2) is 6.29 Å². The van der Waals surface area contributed by atoms with Crippen LogP contribution in [0.3, 0.4) is 0 Å². The lowest BCUT2D eigenvalue weighted by molar-refractivity contribution is 0.102. The minimum Gasteiger partial charge on any atom is -0.329 e. The molecule has 39 heavy (non-hydrogen) atoms. The van der Waals surface area contributed by atoms with Crippen LogP contribution in [0.15, 0.2) is 79.3 Å². The first-order valence-corrected chi connectivity index (χ1v) is 13.3. The zero-order valence-electron chi connectivity index (χ0n) is 22.6. The molecule has 0 aliphatic heterocycles. The number of carbonyl (C=O) groups is 2. The number of nitrogens with one attached hydrogen (secondary N) is 2. The van der Waals surface area contributed by atoms with Gasteiger partial charge in [0.25, 0.3) is 5.91 Å². The number of carbonyl (C=O) groups excluding carboxylic acids is 2. The van der Waals surface area contributed by atoms with Gasteiger partial charge in [0, 0.05) is 41.9 Å². The summed E-state index contributed by atoms with van der Waals surface area (Å²) in [7, 11) is 1.88. The molecule has 5 rings (SSSR count). The largest absolute Gasteiger partial charge is 0.329 e. The van der Waals surface area contributed by atoms with Crippen LogP contribution < -0.4 is 16.4 Å². The van der Waals surface area contributed by atoms with Crippen molar-refractivity contribution in [3.63, 3.8) is 0 Å². The number of hydrogen-bond acceptors (Lipinski definition) is 8. The second-order valence-electron chi connectivity index (χ2n) is 9.61. The van der Waals surface area contributed by atoms with Crippen LogP contribution in [-0.2, 0) is 5.41 Å². The number of benzene rings is 2. The Balaban J connectivity index is 0.000000188. The number of amides is 1. The number of nitrogens with zero attached hydrogens (tertiary/aromatic N) is 3. The number of anilines is 1. The summed E-state index contributed by atoms with van der Waals surface area (Å²) in [6, 6.07) is 19.6. The maximum absolute atomic E-state index is 11.6. The van der Waals surface area contributed by atoms with Gasteiger partial charge in [-0.05, 0) is 54.4 Å². The Morgan fingerprint density at radius 3 is 2.38 bits per heavy atom. The molecule has 0 aliphatic carbocycles. The molecule has 2 aromatic carbocycles. The number of rotatable bonds is 5. The van der Waals surface area contributed by atoms with Crippen molar-refractivity contribution in [2.45, 2.75) is 26.2 Å². The van der Waals surface area contributed by atoms with Crippen LogP contribution in [0.4, 0.5) is 5.69 Å². The lowest BCUT2D eigenvalue weighted by Crippen LogP contribution is -2.17. The Hall–Kier alpha value is -4.05. The van der Waals surface area contributed by atoms with Crippen LogP contribution in [0.5, 0.6) is 0 Å². The predicted molar refractivity (Wildman–Crippen MR) is 161 cm³/mol. The van der Waals surface area contributed by atoms with Crippen molar-refractivity contribution in [3.8, 4) is 0 Å². The molecule has 4 N–H and O–H groups in total. The summed E-state index contributed by atoms with van der Waals surface area (Å²) >= 11 is 1.44. The average molecular weight is 543 g/mol. The average Bonchev–Trinajstić information content (AvgIpc) is 3.35. The van der Waals surface area contributed by atoms with E-state index in [9.17, 15) is 9.59 Å². The van der Waals surface area contributed by atoms with Gasteiger partial charge in [-0.15, -0.1) is 11.3 Å². The molecular formula is C30H34N6O2S. The third kappa shape index (κ3) is 8.75. The molecule has 5 aromatic rings. The van der Waals surface area contributed by atoms with Gasteiger partial charge in [0.1, 0.15) is 10.5 Å². The minimum absolute atomic E-state index is 0.131. The first kappa shape index (κ1) is 29.5. The van der Waals surface area contributed by atoms with E-state index in [0.29, 0.717) is 5.69 Å². The quantitative estimate of drug-likeness (QED) is 0.252. The van der Waals surface area contributed by atoms with E-state index in [-0.39, 0.29) is 11.3 Å². The van der Waals surface area contributed by atoms with Gasteiger partial charge in [-0.25, -0.2) is 9.97 Å². The summed E-state index contributed by atoms with van der Waals surface area (Å²) in [4.78, 5) is 36.5. The lowest BCUT2D eigenvalue weighted by Gasteiger charge is -2.19. The van der Waals surface area contributed by atoms with Crippen molar-refractivity contribution < 1.29 is 9.59 Å². The number of fused-ring (bicyclic) bond motifs is 2. The molecule has 9 heteroatoms. The van der Waals surface area contributed by atoms with Crippen LogP contribution in [-0.4, -0.2) is 47.3 Å². The van der Waals surface area contributed by atoms with E-state index < -0.39 is 0 Å². The van der Waals surface area contributed by atoms with Gasteiger partial charge in [-0.3, -0.25) is 14.6 Å². The number of thiophene rings is 1. The smallest absolute Gasteiger partial charge is 0.275 e. The van der Waals surface area contributed by atoms with Gasteiger partial charge < -0.3 is 16.4 Å². The predicted octanol–water partition coefficient (Wildman–Crippen LogP) is 5.45. The van der Waals surface area contributed by atoms with E-state index in [1.165, 1.54) is 35.5 Å². The maximum Gasteiger partial charge on any atom is 0.275 e. The third-order valence-electron chi connectivity index (χ3n) is 5.52. The fraction of sp³-hybridized carbons (Fsp3) is 0.233. The van der Waals surface area contributed by atoms with Gasteiger partial charge in [-0.1, -0.05) is 45.0 Å². The van der Waals surface area contributed by atoms with Gasteiger partial charge >= 0.3 is 0 Å². The zero-order valence-corrected chi connectivity index (χ0v) is 23.5. The summed E-state index contributed by atoms with van der Waals surface area (Å²) in [5, 5.41) is 7.79. The number of aldehydes is 1. The highest BCUT2D eigenvalue weighted by Gasteiger charge is 2.14. The molecule has 1 amide bonds. The number of pyridine rings is 1. The van der Waals surface area contributed by atoms with E-state index >= 15 is 0 Å². The monoisotopic (exact) mass is 542 g/mol. The van der Waals surface area contributed by atoms with E-state index in [1.54, 1.807) is 0 Å². The molecule has 0 aliphatic rings. The molecule has 0 unspecified atom stereocenters. The topological polar surface area (TPSA) is 123 Å². The van der Waals surface area contributed by atoms with Crippen molar-refractivity contribution in [2.75, 3.05) is 25.5 Å². The maximum atomic E-state index is 11.6. The van der Waals surface area contributed by atoms with Crippen molar-refractivity contribution in [2.24, 2.45) is 5.73 Å². The molecule has 0 saturated heterocycles. The Labute approximate surface area is 232 Å². The van der Waals surface area contributed by atoms with Crippen LogP contribution >= 0.6 is 11.3 Å². The standard InChI is InChI=1S/C16H15NOS.C11H9N3O.C3H10N2/c1-16(2,3)12-4-5-14-10(7-12)6-11-8-13(9-18)19-15(11)17-14;15-11(10-8-12-6-7-13-10)14-9-4-2-1-3-5-9;1-5-3-2-4/h4-9H,1-3H3;1-8H,(H,14,15);5H,2-4H2,1H3. The SMILES string of the molecule is CC(C)(C)c1ccc2nc3sc(C=O)cc3cc2c1.CNCCN.O=C(Nc1ccccc1)c1cnccn1. The normalized spacial score (nSPS) is 10.7. The number of likely N-dealkylation sites (N-methyl/N-ethyl adjacent to an activating group) is 1. The van der Waals surface area contributed by atoms with Crippen molar-refractivity contribution in [1.29, 1.82) is 0 Å². The Bertz CT molecular complexity index is 1500. The lowest BCUT2D eigenvalue weighted by atomic mass is 9.86. The Morgan fingerprint density at radius 1 is 1.03 bits per heavy atom. The minimum atomic E-state index is -0.255. The summed E-state index contributed by atoms with van der Waals surface area (Å²) in [5.74, 6) is -0.255. The zero-order chi connectivity index (χ0) is 28.3. The molecule has 3 heterocycles. The number of hydrogen-bond donors (Lipinski definition) is 3. The van der Waals surface area contributed by atoms with Gasteiger partial charge in [-0.2, -0.15) is 0 Å². The van der Waals surface area contributed by atoms with E-state index in [0.717, 1.165) is 51.1 Å². The van der Waals surface area contributed by atoms with Crippen LogP contribution in [0.25, 0.3) is 21.1 Å². The first-order valence-electron chi connectivity index (χ1n) is 12.5. The second-order valence-corrected chi connectivity index (χ2v) is 10.7. The fourth-order valence-corrected chi connectivity index (χ4v) is 4.29. The highest BCUT2D eigenvalue weighted by Crippen LogP contribution is 2.30. The van der Waals surface area contributed by atoms with Gasteiger partial charge in [0.2, 0.25) is 0 Å². The molecule has 8 nitrogen and oxygen atoms in total. The molecule has 0 fully saturated rings. The fourth-order valence-electron chi connectivity index (χ4n) is 3.46. The van der Waals surface area contributed by atoms with Crippen molar-refractivity contribution >= 4 is 50.3 Å². The van der Waals surface area contributed by atoms with E-state index in [2.05, 4.69) is 70.6 Å². The van der Waals surface area contributed by atoms with Crippen molar-refractivity contribution in [3.05, 3.63) is 95.4 Å². The first-order chi connectivity index (χ1) is 18.7. The molecule has 0 atom stereocenters. The summed E-state index contributed by atoms with van der Waals surface area (Å²) in [6.45, 7) is 8.26. The van der Waals surface area contributed by atoms with E-state index in [1.807, 2.05) is 43.4 Å². The summed E-state index contributed by atoms with van der Waals surface area (Å²) in [5.41, 5.74) is 8.54. The van der Waals surface area contributed by atoms with Gasteiger partial charge in [0.05, 0.1) is 16.6 Å². The number of para-hydroxylation sites is 1. The molecule has 0 saturated carbocycles. The molecule has 3 aromatic heterocycles. The molecule has 0 radical (unpaired) electrons. The van der Waals surface area contributed by atoms with Crippen LogP contribution in [0.2, 0.25) is 0 Å². The summed E-state index contributed by atoms with van der Waals surface area (Å²) in [6.07, 6.45) is 5.33. The van der Waals surface area contributed by atoms with Crippen molar-refractivity contribution in [1.82, 2.24) is 20.3 Å². The molecule has 0 spiro atoms. The Kier molecular flexibility index (Phi) is 10.7. The summed E-state index contributed by atoms with van der Waals surface area (Å²) < 4.78 is 0. The molecular weight excluding hydrogens is 508 g/mol. The number of nitrogens with two attached hydrogens (primary N) is 1. The third-order valence-corrected chi connectivity index (χ3v) is 6.49. The second kappa shape index (κ2) is 14.2. The Morgan fingerprint density at radius 2 is 1.79 bits per heavy atom. The molecule has 0 bridgehead atoms.